The minimum absolute atomic E-state index is 0.539. The zero-order valence-corrected chi connectivity index (χ0v) is 37.0. The van der Waals surface area contributed by atoms with E-state index in [1.54, 1.807) is 0 Å². The molecule has 0 aliphatic carbocycles. The molecule has 15 aromatic rings. The first-order valence-electron chi connectivity index (χ1n) is 23.3. The second-order valence-electron chi connectivity index (χ2n) is 17.9. The highest BCUT2D eigenvalue weighted by Crippen LogP contribution is 2.44. The molecular formula is C63H37N5O. The minimum Gasteiger partial charge on any atom is -0.455 e. The Kier molecular flexibility index (Phi) is 7.97. The van der Waals surface area contributed by atoms with Crippen molar-refractivity contribution >= 4 is 97.9 Å². The summed E-state index contributed by atoms with van der Waals surface area (Å²) in [6, 6.07) is 79.7. The molecule has 0 saturated heterocycles. The lowest BCUT2D eigenvalue weighted by Crippen LogP contribution is -2.02. The van der Waals surface area contributed by atoms with E-state index < -0.39 is 0 Å². The van der Waals surface area contributed by atoms with Crippen LogP contribution in [0.5, 0.6) is 0 Å². The van der Waals surface area contributed by atoms with Gasteiger partial charge >= 0.3 is 0 Å². The van der Waals surface area contributed by atoms with Crippen LogP contribution in [0.2, 0.25) is 0 Å². The van der Waals surface area contributed by atoms with Gasteiger partial charge in [0.05, 0.1) is 27.6 Å². The Morgan fingerprint density at radius 2 is 0.942 bits per heavy atom. The Morgan fingerprint density at radius 3 is 1.78 bits per heavy atom. The highest BCUT2D eigenvalue weighted by Gasteiger charge is 2.23. The molecule has 0 bridgehead atoms. The van der Waals surface area contributed by atoms with Crippen molar-refractivity contribution in [2.75, 3.05) is 0 Å². The Balaban J connectivity index is 0.966. The van der Waals surface area contributed by atoms with Crippen molar-refractivity contribution in [3.05, 3.63) is 224 Å². The van der Waals surface area contributed by atoms with Crippen molar-refractivity contribution in [2.45, 2.75) is 0 Å². The summed E-state index contributed by atoms with van der Waals surface area (Å²) in [7, 11) is 0. The lowest BCUT2D eigenvalue weighted by molar-refractivity contribution is 0.670. The Hall–Kier alpha value is -9.39. The average Bonchev–Trinajstić information content (AvgIpc) is 4.08. The molecule has 0 saturated carbocycles. The maximum Gasteiger partial charge on any atom is 0.167 e. The van der Waals surface area contributed by atoms with Crippen LogP contribution < -0.4 is 0 Å². The van der Waals surface area contributed by atoms with Gasteiger partial charge < -0.3 is 13.6 Å². The number of furan rings is 1. The number of hydrogen-bond acceptors (Lipinski definition) is 4. The number of nitrogens with zero attached hydrogens (tertiary/aromatic N) is 5. The van der Waals surface area contributed by atoms with E-state index in [9.17, 15) is 0 Å². The number of hydrogen-bond donors (Lipinski definition) is 0. The topological polar surface area (TPSA) is 61.7 Å². The maximum atomic E-state index is 6.98. The minimum atomic E-state index is 0.539. The first-order valence-corrected chi connectivity index (χ1v) is 23.3. The van der Waals surface area contributed by atoms with Crippen LogP contribution in [0.15, 0.2) is 229 Å². The number of fused-ring (bicyclic) bond motifs is 14. The highest BCUT2D eigenvalue weighted by atomic mass is 16.3. The van der Waals surface area contributed by atoms with Gasteiger partial charge in [0.1, 0.15) is 11.2 Å². The SMILES string of the molecule is c1ccc(-c2nc(-c3cccc4c3oc3ccc5ccc(-n6c7cc8ccccc8cc7c7c8ccccc8ccc76)cc5c34)nc(-c3cccc4c5ccccc5n(-c5ccccc5)c34)n2)cc1. The van der Waals surface area contributed by atoms with Gasteiger partial charge in [-0.2, -0.15) is 0 Å². The fraction of sp³-hybridized carbons (Fsp3) is 0. The molecule has 69 heavy (non-hydrogen) atoms. The Bertz CT molecular complexity index is 4600. The molecule has 0 unspecified atom stereocenters. The fourth-order valence-electron chi connectivity index (χ4n) is 11.0. The smallest absolute Gasteiger partial charge is 0.167 e. The monoisotopic (exact) mass is 879 g/mol. The zero-order chi connectivity index (χ0) is 45.2. The van der Waals surface area contributed by atoms with E-state index in [0.29, 0.717) is 17.5 Å². The van der Waals surface area contributed by atoms with Crippen LogP contribution in [0, 0.1) is 0 Å². The molecule has 0 aliphatic heterocycles. The van der Waals surface area contributed by atoms with Crippen LogP contribution in [0.1, 0.15) is 0 Å². The fourth-order valence-corrected chi connectivity index (χ4v) is 11.0. The van der Waals surface area contributed by atoms with Crippen LogP contribution in [0.25, 0.3) is 143 Å². The molecule has 0 amide bonds. The van der Waals surface area contributed by atoms with Gasteiger partial charge in [-0.05, 0) is 99.0 Å². The standard InChI is InChI=1S/C63H37N5O/c1-3-16-40(17-4-1)61-64-62(49-26-13-24-47-46-23-11-12-28-53(46)68(59(47)49)43-20-5-2-6-21-43)66-63(65-61)50-27-14-25-48-58-51-37-44(32-29-39(51)31-34-56(58)69-60(48)50)67-54-33-30-38-15-9-10-22-45(38)57(54)52-35-41-18-7-8-19-42(41)36-55(52)67/h1-37H. The molecular weight excluding hydrogens is 843 g/mol. The summed E-state index contributed by atoms with van der Waals surface area (Å²) in [6.45, 7) is 0. The van der Waals surface area contributed by atoms with E-state index in [-0.39, 0.29) is 0 Å². The summed E-state index contributed by atoms with van der Waals surface area (Å²) in [4.78, 5) is 15.9. The molecule has 15 rings (SSSR count). The van der Waals surface area contributed by atoms with Crippen LogP contribution >= 0.6 is 0 Å². The third-order valence-electron chi connectivity index (χ3n) is 14.1. The molecule has 6 heteroatoms. The largest absolute Gasteiger partial charge is 0.455 e. The molecule has 4 heterocycles. The predicted molar refractivity (Wildman–Crippen MR) is 285 cm³/mol. The molecule has 0 radical (unpaired) electrons. The van der Waals surface area contributed by atoms with Crippen molar-refractivity contribution in [1.29, 1.82) is 0 Å². The molecule has 4 aromatic heterocycles. The molecule has 11 aromatic carbocycles. The Morgan fingerprint density at radius 1 is 0.319 bits per heavy atom. The summed E-state index contributed by atoms with van der Waals surface area (Å²) >= 11 is 0. The third kappa shape index (κ3) is 5.63. The molecule has 6 nitrogen and oxygen atoms in total. The second-order valence-corrected chi connectivity index (χ2v) is 17.9. The number of rotatable bonds is 5. The number of para-hydroxylation sites is 4. The van der Waals surface area contributed by atoms with Crippen LogP contribution in [-0.4, -0.2) is 24.1 Å². The molecule has 0 N–H and O–H groups in total. The van der Waals surface area contributed by atoms with Crippen molar-refractivity contribution in [2.24, 2.45) is 0 Å². The van der Waals surface area contributed by atoms with Crippen LogP contribution in [0.3, 0.4) is 0 Å². The van der Waals surface area contributed by atoms with Crippen LogP contribution in [0.4, 0.5) is 0 Å². The number of benzene rings is 11. The third-order valence-corrected chi connectivity index (χ3v) is 14.1. The predicted octanol–water partition coefficient (Wildman–Crippen LogP) is 16.4. The Labute approximate surface area is 394 Å². The van der Waals surface area contributed by atoms with Gasteiger partial charge in [-0.3, -0.25) is 0 Å². The second kappa shape index (κ2) is 14.6. The van der Waals surface area contributed by atoms with Crippen molar-refractivity contribution in [1.82, 2.24) is 24.1 Å². The summed E-state index contributed by atoms with van der Waals surface area (Å²) in [5.74, 6) is 1.71. The van der Waals surface area contributed by atoms with Gasteiger partial charge in [0, 0.05) is 54.8 Å². The van der Waals surface area contributed by atoms with E-state index in [1.807, 2.05) is 18.2 Å². The normalized spacial score (nSPS) is 12.1. The van der Waals surface area contributed by atoms with E-state index >= 15 is 0 Å². The molecule has 0 atom stereocenters. The van der Waals surface area contributed by atoms with Gasteiger partial charge in [-0.15, -0.1) is 0 Å². The lowest BCUT2D eigenvalue weighted by atomic mass is 10.0. The quantitative estimate of drug-likeness (QED) is 0.173. The molecule has 0 aliphatic rings. The van der Waals surface area contributed by atoms with Gasteiger partial charge in [0.25, 0.3) is 0 Å². The summed E-state index contributed by atoms with van der Waals surface area (Å²) in [6.07, 6.45) is 0. The maximum absolute atomic E-state index is 6.98. The average molecular weight is 880 g/mol. The van der Waals surface area contributed by atoms with E-state index in [1.165, 1.54) is 48.7 Å². The van der Waals surface area contributed by atoms with Gasteiger partial charge in [-0.1, -0.05) is 158 Å². The van der Waals surface area contributed by atoms with Crippen molar-refractivity contribution in [3.63, 3.8) is 0 Å². The van der Waals surface area contributed by atoms with Gasteiger partial charge in [-0.25, -0.2) is 15.0 Å². The van der Waals surface area contributed by atoms with E-state index in [4.69, 9.17) is 19.4 Å². The van der Waals surface area contributed by atoms with Crippen LogP contribution in [-0.2, 0) is 0 Å². The molecule has 320 valence electrons. The van der Waals surface area contributed by atoms with Gasteiger partial charge in [0.2, 0.25) is 0 Å². The van der Waals surface area contributed by atoms with Crippen molar-refractivity contribution < 1.29 is 4.42 Å². The summed E-state index contributed by atoms with van der Waals surface area (Å²) in [5, 5.41) is 14.0. The van der Waals surface area contributed by atoms with Gasteiger partial charge in [0.15, 0.2) is 17.5 Å². The first kappa shape index (κ1) is 37.8. The lowest BCUT2D eigenvalue weighted by Gasteiger charge is -2.12. The van der Waals surface area contributed by atoms with E-state index in [0.717, 1.165) is 77.2 Å². The number of aromatic nitrogens is 5. The molecule has 0 spiro atoms. The first-order chi connectivity index (χ1) is 34.2. The highest BCUT2D eigenvalue weighted by molar-refractivity contribution is 6.24. The van der Waals surface area contributed by atoms with Crippen molar-refractivity contribution in [3.8, 4) is 45.5 Å². The molecule has 0 fully saturated rings. The summed E-state index contributed by atoms with van der Waals surface area (Å²) < 4.78 is 11.7. The zero-order valence-electron chi connectivity index (χ0n) is 37.0. The summed E-state index contributed by atoms with van der Waals surface area (Å²) in [5.41, 5.74) is 10.8. The van der Waals surface area contributed by atoms with E-state index in [2.05, 4.69) is 215 Å².